The molecule has 0 aliphatic rings. The minimum absolute atomic E-state index is 0.00220. The Kier molecular flexibility index (Phi) is 4.43. The zero-order chi connectivity index (χ0) is 13.0. The number of carbonyl (C=O) groups excluding carboxylic acids is 1. The number of thiazole rings is 1. The molecule has 2 rings (SSSR count). The number of carbonyl (C=O) groups is 1. The fourth-order valence-corrected chi connectivity index (χ4v) is 2.81. The second-order valence-corrected chi connectivity index (χ2v) is 5.63. The largest absolute Gasteiger partial charge is 0.494 e. The second kappa shape index (κ2) is 6.06. The van der Waals surface area contributed by atoms with Gasteiger partial charge in [0.2, 0.25) is 5.91 Å². The van der Waals surface area contributed by atoms with E-state index < -0.39 is 0 Å². The van der Waals surface area contributed by atoms with E-state index in [0.29, 0.717) is 11.6 Å². The minimum Gasteiger partial charge on any atom is -0.494 e. The van der Waals surface area contributed by atoms with Crippen molar-refractivity contribution in [3.63, 3.8) is 0 Å². The Morgan fingerprint density at radius 1 is 1.56 bits per heavy atom. The first-order chi connectivity index (χ1) is 8.74. The lowest BCUT2D eigenvalue weighted by molar-refractivity contribution is -0.115. The lowest BCUT2D eigenvalue weighted by atomic mass is 10.3. The molecule has 0 saturated carbocycles. The molecule has 0 spiro atoms. The first-order valence-electron chi connectivity index (χ1n) is 5.47. The van der Waals surface area contributed by atoms with Crippen LogP contribution in [-0.4, -0.2) is 30.0 Å². The van der Waals surface area contributed by atoms with Gasteiger partial charge >= 0.3 is 0 Å². The quantitative estimate of drug-likeness (QED) is 0.916. The molecule has 1 amide bonds. The Morgan fingerprint density at radius 2 is 2.39 bits per heavy atom. The van der Waals surface area contributed by atoms with Crippen LogP contribution >= 0.6 is 23.1 Å². The third kappa shape index (κ3) is 2.94. The molecular formula is C12H14N2O2S2. The van der Waals surface area contributed by atoms with E-state index in [1.165, 1.54) is 11.3 Å². The Labute approximate surface area is 114 Å². The number of anilines is 1. The molecule has 96 valence electrons. The van der Waals surface area contributed by atoms with Crippen LogP contribution in [-0.2, 0) is 4.79 Å². The minimum atomic E-state index is 0.00220. The number of hydrogen-bond donors (Lipinski definition) is 1. The predicted octanol–water partition coefficient (Wildman–Crippen LogP) is 3.00. The number of ether oxygens (including phenoxy) is 1. The summed E-state index contributed by atoms with van der Waals surface area (Å²) >= 11 is 3.11. The van der Waals surface area contributed by atoms with Crippen LogP contribution in [0.5, 0.6) is 5.75 Å². The van der Waals surface area contributed by atoms with Crippen LogP contribution < -0.4 is 10.1 Å². The van der Waals surface area contributed by atoms with Crippen molar-refractivity contribution < 1.29 is 9.53 Å². The molecule has 1 heterocycles. The molecule has 1 aromatic heterocycles. The second-order valence-electron chi connectivity index (χ2n) is 3.62. The average Bonchev–Trinajstić information content (AvgIpc) is 2.78. The van der Waals surface area contributed by atoms with Crippen molar-refractivity contribution in [2.75, 3.05) is 24.4 Å². The normalized spacial score (nSPS) is 10.6. The van der Waals surface area contributed by atoms with Gasteiger partial charge in [0.05, 0.1) is 11.8 Å². The Morgan fingerprint density at radius 3 is 3.11 bits per heavy atom. The molecule has 0 fully saturated rings. The van der Waals surface area contributed by atoms with Gasteiger partial charge in [-0.05, 0) is 18.4 Å². The van der Waals surface area contributed by atoms with E-state index in [1.54, 1.807) is 18.9 Å². The maximum atomic E-state index is 11.6. The van der Waals surface area contributed by atoms with Gasteiger partial charge in [0, 0.05) is 12.2 Å². The number of thioether (sulfide) groups is 1. The summed E-state index contributed by atoms with van der Waals surface area (Å²) in [6.45, 7) is 0. The standard InChI is InChI=1S/C12H14N2O2S2/c1-16-8-4-3-5-9-11(8)14-12(18-9)13-10(15)6-7-17-2/h3-5H,6-7H2,1-2H3,(H,13,14,15). The van der Waals surface area contributed by atoms with E-state index in [2.05, 4.69) is 10.3 Å². The summed E-state index contributed by atoms with van der Waals surface area (Å²) in [5, 5.41) is 3.44. The molecule has 0 atom stereocenters. The van der Waals surface area contributed by atoms with Gasteiger partial charge < -0.3 is 10.1 Å². The first kappa shape index (κ1) is 13.2. The Balaban J connectivity index is 2.17. The number of rotatable bonds is 5. The highest BCUT2D eigenvalue weighted by atomic mass is 32.2. The summed E-state index contributed by atoms with van der Waals surface area (Å²) < 4.78 is 6.25. The van der Waals surface area contributed by atoms with Gasteiger partial charge in [0.15, 0.2) is 5.13 Å². The maximum absolute atomic E-state index is 11.6. The molecule has 0 radical (unpaired) electrons. The van der Waals surface area contributed by atoms with Crippen molar-refractivity contribution in [2.24, 2.45) is 0 Å². The molecule has 0 saturated heterocycles. The average molecular weight is 282 g/mol. The molecule has 0 aliphatic carbocycles. The number of nitrogens with zero attached hydrogens (tertiary/aromatic N) is 1. The van der Waals surface area contributed by atoms with E-state index in [1.807, 2.05) is 24.5 Å². The number of para-hydroxylation sites is 1. The van der Waals surface area contributed by atoms with Gasteiger partial charge in [0.1, 0.15) is 11.3 Å². The van der Waals surface area contributed by atoms with Crippen molar-refractivity contribution >= 4 is 44.4 Å². The Hall–Kier alpha value is -1.27. The van der Waals surface area contributed by atoms with E-state index in [9.17, 15) is 4.79 Å². The highest BCUT2D eigenvalue weighted by Gasteiger charge is 2.10. The predicted molar refractivity (Wildman–Crippen MR) is 77.8 cm³/mol. The van der Waals surface area contributed by atoms with Crippen molar-refractivity contribution in [1.29, 1.82) is 0 Å². The lowest BCUT2D eigenvalue weighted by Crippen LogP contribution is -2.11. The fourth-order valence-electron chi connectivity index (χ4n) is 1.52. The molecule has 1 aromatic carbocycles. The number of nitrogens with one attached hydrogen (secondary N) is 1. The number of fused-ring (bicyclic) bond motifs is 1. The molecule has 1 N–H and O–H groups in total. The third-order valence-corrected chi connectivity index (χ3v) is 3.93. The number of benzene rings is 1. The summed E-state index contributed by atoms with van der Waals surface area (Å²) in [5.74, 6) is 1.55. The van der Waals surface area contributed by atoms with Crippen molar-refractivity contribution in [2.45, 2.75) is 6.42 Å². The van der Waals surface area contributed by atoms with Crippen LogP contribution in [0.15, 0.2) is 18.2 Å². The smallest absolute Gasteiger partial charge is 0.226 e. The zero-order valence-electron chi connectivity index (χ0n) is 10.2. The van der Waals surface area contributed by atoms with E-state index in [0.717, 1.165) is 21.7 Å². The monoisotopic (exact) mass is 282 g/mol. The molecule has 0 aliphatic heterocycles. The van der Waals surface area contributed by atoms with Crippen LogP contribution in [0.1, 0.15) is 6.42 Å². The maximum Gasteiger partial charge on any atom is 0.226 e. The Bertz CT molecular complexity index is 554. The van der Waals surface area contributed by atoms with Gasteiger partial charge in [-0.1, -0.05) is 17.4 Å². The van der Waals surface area contributed by atoms with Gasteiger partial charge in [-0.2, -0.15) is 11.8 Å². The highest BCUT2D eigenvalue weighted by molar-refractivity contribution is 7.98. The van der Waals surface area contributed by atoms with Crippen LogP contribution in [0, 0.1) is 0 Å². The zero-order valence-corrected chi connectivity index (χ0v) is 11.9. The number of amides is 1. The summed E-state index contributed by atoms with van der Waals surface area (Å²) in [5.41, 5.74) is 0.796. The van der Waals surface area contributed by atoms with E-state index >= 15 is 0 Å². The number of aromatic nitrogens is 1. The van der Waals surface area contributed by atoms with E-state index in [4.69, 9.17) is 4.74 Å². The van der Waals surface area contributed by atoms with Crippen molar-refractivity contribution in [3.05, 3.63) is 18.2 Å². The third-order valence-electron chi connectivity index (χ3n) is 2.38. The van der Waals surface area contributed by atoms with Gasteiger partial charge in [0.25, 0.3) is 0 Å². The molecule has 2 aromatic rings. The van der Waals surface area contributed by atoms with Gasteiger partial charge in [-0.25, -0.2) is 4.98 Å². The van der Waals surface area contributed by atoms with Crippen molar-refractivity contribution in [1.82, 2.24) is 4.98 Å². The SMILES string of the molecule is COc1cccc2sc(NC(=O)CCSC)nc12. The molecule has 18 heavy (non-hydrogen) atoms. The van der Waals surface area contributed by atoms with Crippen LogP contribution in [0.2, 0.25) is 0 Å². The molecule has 6 heteroatoms. The summed E-state index contributed by atoms with van der Waals surface area (Å²) in [6.07, 6.45) is 2.49. The first-order valence-corrected chi connectivity index (χ1v) is 7.68. The van der Waals surface area contributed by atoms with E-state index in [-0.39, 0.29) is 5.91 Å². The number of methoxy groups -OCH3 is 1. The fraction of sp³-hybridized carbons (Fsp3) is 0.333. The van der Waals surface area contributed by atoms with Gasteiger partial charge in [-0.15, -0.1) is 0 Å². The summed E-state index contributed by atoms with van der Waals surface area (Å²) in [4.78, 5) is 16.0. The lowest BCUT2D eigenvalue weighted by Gasteiger charge is -1.99. The summed E-state index contributed by atoms with van der Waals surface area (Å²) in [6, 6.07) is 5.74. The topological polar surface area (TPSA) is 51.2 Å². The number of hydrogen-bond acceptors (Lipinski definition) is 5. The summed E-state index contributed by atoms with van der Waals surface area (Å²) in [7, 11) is 1.62. The molecular weight excluding hydrogens is 268 g/mol. The molecule has 0 unspecified atom stereocenters. The highest BCUT2D eigenvalue weighted by Crippen LogP contribution is 2.32. The molecule has 0 bridgehead atoms. The molecule has 4 nitrogen and oxygen atoms in total. The van der Waals surface area contributed by atoms with Crippen LogP contribution in [0.25, 0.3) is 10.2 Å². The van der Waals surface area contributed by atoms with Gasteiger partial charge in [-0.3, -0.25) is 4.79 Å². The van der Waals surface area contributed by atoms with Crippen LogP contribution in [0.3, 0.4) is 0 Å². The van der Waals surface area contributed by atoms with Crippen molar-refractivity contribution in [3.8, 4) is 5.75 Å². The van der Waals surface area contributed by atoms with Crippen LogP contribution in [0.4, 0.5) is 5.13 Å².